The molecule has 1 unspecified atom stereocenters. The number of ketones is 1. The molecule has 0 fully saturated rings. The van der Waals surface area contributed by atoms with Crippen molar-refractivity contribution in [3.63, 3.8) is 0 Å². The van der Waals surface area contributed by atoms with Crippen LogP contribution in [0.3, 0.4) is 0 Å². The van der Waals surface area contributed by atoms with Crippen LogP contribution < -0.4 is 11.1 Å². The Hall–Kier alpha value is -2.27. The van der Waals surface area contributed by atoms with Crippen molar-refractivity contribution in [3.05, 3.63) is 34.7 Å². The number of nitrogens with zero attached hydrogens (tertiary/aromatic N) is 1. The van der Waals surface area contributed by atoms with Crippen molar-refractivity contribution in [2.75, 3.05) is 17.7 Å². The molecule has 2 aromatic rings. The minimum atomic E-state index is -4.58. The van der Waals surface area contributed by atoms with E-state index in [1.165, 1.54) is 6.07 Å². The van der Waals surface area contributed by atoms with Gasteiger partial charge in [-0.25, -0.2) is 13.8 Å². The van der Waals surface area contributed by atoms with E-state index in [9.17, 15) is 26.7 Å². The topological polar surface area (TPSA) is 77.2 Å². The van der Waals surface area contributed by atoms with Crippen molar-refractivity contribution in [3.8, 4) is 0 Å². The summed E-state index contributed by atoms with van der Waals surface area (Å²) < 4.78 is 67.5. The second-order valence-electron chi connectivity index (χ2n) is 4.91. The highest BCUT2D eigenvalue weighted by atomic mass is 32.1. The van der Waals surface area contributed by atoms with Crippen molar-refractivity contribution in [2.24, 2.45) is 0 Å². The Bertz CT molecular complexity index is 778. The van der Waals surface area contributed by atoms with Crippen molar-refractivity contribution in [1.29, 1.82) is 0 Å². The number of hydrogen-bond acceptors (Lipinski definition) is 6. The van der Waals surface area contributed by atoms with Crippen molar-refractivity contribution >= 4 is 33.8 Å². The number of hydrogen-bond donors (Lipinski definition) is 2. The van der Waals surface area contributed by atoms with E-state index in [-0.39, 0.29) is 21.5 Å². The van der Waals surface area contributed by atoms with Gasteiger partial charge >= 0.3 is 6.18 Å². The molecule has 3 N–H and O–H groups in total. The maximum absolute atomic E-state index is 13.1. The average molecular weight is 381 g/mol. The van der Waals surface area contributed by atoms with Gasteiger partial charge in [-0.05, 0) is 19.1 Å². The lowest BCUT2D eigenvalue weighted by atomic mass is 10.3. The van der Waals surface area contributed by atoms with E-state index in [1.54, 1.807) is 0 Å². The summed E-state index contributed by atoms with van der Waals surface area (Å²) in [7, 11) is 0. The largest absolute Gasteiger partial charge is 0.414 e. The number of carbonyl (C=O) groups excluding carboxylic acids is 1. The number of anilines is 3. The molecule has 1 heterocycles. The molecule has 11 heteroatoms. The first-order valence-corrected chi connectivity index (χ1v) is 7.59. The number of aromatic nitrogens is 1. The van der Waals surface area contributed by atoms with Crippen molar-refractivity contribution in [1.82, 2.24) is 4.98 Å². The molecule has 0 aliphatic carbocycles. The molecule has 0 spiro atoms. The molecular weight excluding hydrogens is 369 g/mol. The van der Waals surface area contributed by atoms with Gasteiger partial charge in [-0.2, -0.15) is 13.2 Å². The van der Waals surface area contributed by atoms with E-state index in [1.807, 2.05) is 0 Å². The second kappa shape index (κ2) is 7.31. The molecular formula is C14H12F5N3O2S. The highest BCUT2D eigenvalue weighted by Gasteiger charge is 2.37. The smallest absolute Gasteiger partial charge is 0.382 e. The fraction of sp³-hybridized carbons (Fsp3) is 0.286. The number of nitrogens with two attached hydrogens (primary N) is 1. The maximum Gasteiger partial charge on any atom is 0.414 e. The molecule has 0 aliphatic rings. The van der Waals surface area contributed by atoms with Crippen LogP contribution in [0.25, 0.3) is 0 Å². The molecule has 25 heavy (non-hydrogen) atoms. The normalized spacial score (nSPS) is 12.9. The zero-order chi connectivity index (χ0) is 18.8. The van der Waals surface area contributed by atoms with Gasteiger partial charge in [-0.1, -0.05) is 11.3 Å². The monoisotopic (exact) mass is 381 g/mol. The van der Waals surface area contributed by atoms with E-state index >= 15 is 0 Å². The van der Waals surface area contributed by atoms with Crippen LogP contribution in [0.1, 0.15) is 16.6 Å². The third-order valence-corrected chi connectivity index (χ3v) is 4.03. The van der Waals surface area contributed by atoms with Gasteiger partial charge in [-0.3, -0.25) is 4.79 Å². The standard InChI is InChI=1S/C14H12F5N3O2S/c1-6(14(17,18)19)24-5-10(23)11-12(20)22-13(25-11)21-7-2-3-8(15)9(16)4-7/h2-4,6H,5,20H2,1H3,(H,21,22). The van der Waals surface area contributed by atoms with Crippen LogP contribution in [0.2, 0.25) is 0 Å². The highest BCUT2D eigenvalue weighted by molar-refractivity contribution is 7.18. The SMILES string of the molecule is CC(OCC(=O)c1sc(Nc2ccc(F)c(F)c2)nc1N)C(F)(F)F. The average Bonchev–Trinajstić information content (AvgIpc) is 2.87. The van der Waals surface area contributed by atoms with Crippen LogP contribution in [0.15, 0.2) is 18.2 Å². The number of alkyl halides is 3. The van der Waals surface area contributed by atoms with E-state index in [0.717, 1.165) is 30.4 Å². The number of halogens is 5. The van der Waals surface area contributed by atoms with Crippen LogP contribution in [0, 0.1) is 11.6 Å². The Morgan fingerprint density at radius 2 is 2.04 bits per heavy atom. The minimum Gasteiger partial charge on any atom is -0.382 e. The first kappa shape index (κ1) is 19.1. The molecule has 2 rings (SSSR count). The number of nitrogen functional groups attached to an aromatic ring is 1. The summed E-state index contributed by atoms with van der Waals surface area (Å²) in [6.07, 6.45) is -6.69. The summed E-state index contributed by atoms with van der Waals surface area (Å²) >= 11 is 0.757. The van der Waals surface area contributed by atoms with Gasteiger partial charge in [0, 0.05) is 11.8 Å². The van der Waals surface area contributed by atoms with Crippen molar-refractivity contribution in [2.45, 2.75) is 19.2 Å². The molecule has 0 bridgehead atoms. The Labute approximate surface area is 142 Å². The summed E-state index contributed by atoms with van der Waals surface area (Å²) in [5, 5.41) is 2.72. The first-order chi connectivity index (χ1) is 11.6. The number of ether oxygens (including phenoxy) is 1. The number of nitrogens with one attached hydrogen (secondary N) is 1. The summed E-state index contributed by atoms with van der Waals surface area (Å²) in [5.41, 5.74) is 5.73. The number of rotatable bonds is 6. The number of thiazole rings is 1. The number of Topliss-reactive ketones (excluding diaryl/α,β-unsaturated/α-hetero) is 1. The van der Waals surface area contributed by atoms with E-state index in [4.69, 9.17) is 5.73 Å². The zero-order valence-corrected chi connectivity index (χ0v) is 13.5. The maximum atomic E-state index is 13.1. The lowest BCUT2D eigenvalue weighted by molar-refractivity contribution is -0.210. The van der Waals surface area contributed by atoms with Gasteiger partial charge in [0.15, 0.2) is 22.9 Å². The Morgan fingerprint density at radius 3 is 2.64 bits per heavy atom. The zero-order valence-electron chi connectivity index (χ0n) is 12.7. The van der Waals surface area contributed by atoms with E-state index in [2.05, 4.69) is 15.0 Å². The Balaban J connectivity index is 2.06. The van der Waals surface area contributed by atoms with Crippen LogP contribution in [-0.4, -0.2) is 29.7 Å². The number of benzene rings is 1. The summed E-state index contributed by atoms with van der Waals surface area (Å²) in [6.45, 7) is -0.0446. The fourth-order valence-electron chi connectivity index (χ4n) is 1.64. The quantitative estimate of drug-likeness (QED) is 0.586. The lowest BCUT2D eigenvalue weighted by Gasteiger charge is -2.15. The molecule has 0 amide bonds. The molecule has 1 atom stereocenters. The molecule has 1 aromatic carbocycles. The highest BCUT2D eigenvalue weighted by Crippen LogP contribution is 2.29. The Morgan fingerprint density at radius 1 is 1.36 bits per heavy atom. The minimum absolute atomic E-state index is 0.0933. The second-order valence-corrected chi connectivity index (χ2v) is 5.90. The van der Waals surface area contributed by atoms with Gasteiger partial charge in [0.2, 0.25) is 5.78 Å². The summed E-state index contributed by atoms with van der Waals surface area (Å²) in [6, 6.07) is 3.02. The van der Waals surface area contributed by atoms with Gasteiger partial charge in [0.1, 0.15) is 17.3 Å². The van der Waals surface area contributed by atoms with Gasteiger partial charge in [-0.15, -0.1) is 0 Å². The van der Waals surface area contributed by atoms with E-state index < -0.39 is 36.3 Å². The molecule has 5 nitrogen and oxygen atoms in total. The molecule has 136 valence electrons. The Kier molecular flexibility index (Phi) is 5.58. The molecule has 0 radical (unpaired) electrons. The summed E-state index contributed by atoms with van der Waals surface area (Å²) in [4.78, 5) is 15.6. The van der Waals surface area contributed by atoms with Crippen LogP contribution in [-0.2, 0) is 4.74 Å². The molecule has 0 saturated carbocycles. The van der Waals surface area contributed by atoms with Crippen LogP contribution in [0.4, 0.5) is 38.6 Å². The predicted molar refractivity (Wildman–Crippen MR) is 82.0 cm³/mol. The molecule has 1 aromatic heterocycles. The summed E-state index contributed by atoms with van der Waals surface area (Å²) in [5.74, 6) is -3.09. The molecule has 0 saturated heterocycles. The third kappa shape index (κ3) is 4.86. The van der Waals surface area contributed by atoms with Crippen LogP contribution in [0.5, 0.6) is 0 Å². The van der Waals surface area contributed by atoms with Gasteiger partial charge < -0.3 is 15.8 Å². The van der Waals surface area contributed by atoms with Crippen molar-refractivity contribution < 1.29 is 31.5 Å². The first-order valence-electron chi connectivity index (χ1n) is 6.78. The van der Waals surface area contributed by atoms with Crippen LogP contribution >= 0.6 is 11.3 Å². The van der Waals surface area contributed by atoms with Gasteiger partial charge in [0.05, 0.1) is 0 Å². The lowest BCUT2D eigenvalue weighted by Crippen LogP contribution is -2.30. The number of carbonyl (C=O) groups is 1. The predicted octanol–water partition coefficient (Wildman–Crippen LogP) is 3.90. The third-order valence-electron chi connectivity index (χ3n) is 3.00. The fourth-order valence-corrected chi connectivity index (χ4v) is 2.47. The molecule has 0 aliphatic heterocycles. The van der Waals surface area contributed by atoms with E-state index in [0.29, 0.717) is 0 Å². The van der Waals surface area contributed by atoms with Gasteiger partial charge in [0.25, 0.3) is 0 Å².